The summed E-state index contributed by atoms with van der Waals surface area (Å²) >= 11 is 0. The summed E-state index contributed by atoms with van der Waals surface area (Å²) in [7, 11) is 0. The monoisotopic (exact) mass is 309 g/mol. The summed E-state index contributed by atoms with van der Waals surface area (Å²) in [6, 6.07) is 14.8. The molecule has 1 amide bonds. The lowest BCUT2D eigenvalue weighted by Gasteiger charge is -2.30. The number of hydrogen-bond donors (Lipinski definition) is 3. The average molecular weight is 309 g/mol. The highest BCUT2D eigenvalue weighted by Gasteiger charge is 2.26. The Hall–Kier alpha value is -3.35. The number of amides is 1. The van der Waals surface area contributed by atoms with Crippen molar-refractivity contribution in [2.75, 3.05) is 12.0 Å². The zero-order chi connectivity index (χ0) is 16.2. The molecule has 1 aromatic carbocycles. The predicted molar refractivity (Wildman–Crippen MR) is 86.4 cm³/mol. The molecular formula is C16H15N5O2. The van der Waals surface area contributed by atoms with Gasteiger partial charge in [-0.05, 0) is 24.3 Å². The van der Waals surface area contributed by atoms with Crippen LogP contribution < -0.4 is 11.2 Å². The van der Waals surface area contributed by atoms with Crippen LogP contribution in [0.1, 0.15) is 5.69 Å². The molecule has 1 aliphatic rings. The van der Waals surface area contributed by atoms with Gasteiger partial charge in [0.25, 0.3) is 5.91 Å². The van der Waals surface area contributed by atoms with Crippen LogP contribution in [0.5, 0.6) is 0 Å². The molecule has 0 saturated carbocycles. The van der Waals surface area contributed by atoms with Crippen molar-refractivity contribution < 1.29 is 9.90 Å². The highest BCUT2D eigenvalue weighted by atomic mass is 16.3. The number of primary amides is 1. The summed E-state index contributed by atoms with van der Waals surface area (Å²) in [6.07, 6.45) is 1.63. The minimum Gasteiger partial charge on any atom is -0.493 e. The van der Waals surface area contributed by atoms with E-state index in [0.717, 1.165) is 5.69 Å². The average Bonchev–Trinajstić information content (AvgIpc) is 2.57. The predicted octanol–water partition coefficient (Wildman–Crippen LogP) is 1.43. The molecule has 0 spiro atoms. The van der Waals surface area contributed by atoms with Crippen molar-refractivity contribution in [3.63, 3.8) is 0 Å². The Morgan fingerprint density at radius 3 is 2.57 bits per heavy atom. The second kappa shape index (κ2) is 6.18. The number of para-hydroxylation sites is 1. The fraction of sp³-hybridized carbons (Fsp3) is 0.0625. The Balaban J connectivity index is 1.99. The fourth-order valence-electron chi connectivity index (χ4n) is 2.17. The molecule has 0 radical (unpaired) electrons. The molecule has 7 heteroatoms. The number of nitrogens with zero attached hydrogens (tertiary/aromatic N) is 3. The third kappa shape index (κ3) is 3.13. The molecule has 0 fully saturated rings. The number of aliphatic imine (C=N–C) groups is 1. The molecule has 1 aliphatic heterocycles. The molecule has 116 valence electrons. The van der Waals surface area contributed by atoms with Gasteiger partial charge >= 0.3 is 0 Å². The Bertz CT molecular complexity index is 772. The minimum atomic E-state index is -0.716. The molecule has 4 N–H and O–H groups in total. The van der Waals surface area contributed by atoms with Crippen molar-refractivity contribution in [3.8, 4) is 0 Å². The van der Waals surface area contributed by atoms with Crippen molar-refractivity contribution >= 4 is 17.4 Å². The van der Waals surface area contributed by atoms with E-state index in [9.17, 15) is 9.90 Å². The Morgan fingerprint density at radius 1 is 1.17 bits per heavy atom. The van der Waals surface area contributed by atoms with E-state index in [-0.39, 0.29) is 18.0 Å². The van der Waals surface area contributed by atoms with Gasteiger partial charge in [0.1, 0.15) is 5.69 Å². The van der Waals surface area contributed by atoms with Gasteiger partial charge in [0.15, 0.2) is 5.84 Å². The number of pyridine rings is 1. The summed E-state index contributed by atoms with van der Waals surface area (Å²) < 4.78 is 0. The number of benzene rings is 1. The maximum Gasteiger partial charge on any atom is 0.251 e. The lowest BCUT2D eigenvalue weighted by molar-refractivity contribution is -0.114. The van der Waals surface area contributed by atoms with E-state index >= 15 is 0 Å². The number of nitrogens with one attached hydrogen (secondary N) is 1. The Labute approximate surface area is 132 Å². The molecule has 23 heavy (non-hydrogen) atoms. The number of nitrogens with two attached hydrogens (primary N) is 1. The highest BCUT2D eigenvalue weighted by molar-refractivity contribution is 6.02. The van der Waals surface area contributed by atoms with Crippen molar-refractivity contribution in [1.82, 2.24) is 9.99 Å². The molecular weight excluding hydrogens is 294 g/mol. The number of hydrazine groups is 1. The van der Waals surface area contributed by atoms with Gasteiger partial charge in [-0.2, -0.15) is 4.99 Å². The van der Waals surface area contributed by atoms with E-state index in [1.165, 1.54) is 0 Å². The number of aliphatic hydroxyl groups excluding tert-OH is 1. The maximum absolute atomic E-state index is 11.5. The van der Waals surface area contributed by atoms with Crippen LogP contribution in [-0.2, 0) is 4.79 Å². The van der Waals surface area contributed by atoms with E-state index in [1.54, 1.807) is 23.3 Å². The van der Waals surface area contributed by atoms with E-state index in [2.05, 4.69) is 15.4 Å². The van der Waals surface area contributed by atoms with Gasteiger partial charge in [-0.1, -0.05) is 24.3 Å². The molecule has 2 heterocycles. The summed E-state index contributed by atoms with van der Waals surface area (Å²) in [5.41, 5.74) is 9.85. The zero-order valence-corrected chi connectivity index (χ0v) is 12.2. The van der Waals surface area contributed by atoms with E-state index in [4.69, 9.17) is 5.73 Å². The zero-order valence-electron chi connectivity index (χ0n) is 12.2. The molecule has 2 aromatic rings. The van der Waals surface area contributed by atoms with Gasteiger partial charge in [0.2, 0.25) is 5.88 Å². The number of aromatic nitrogens is 1. The van der Waals surface area contributed by atoms with Gasteiger partial charge in [-0.15, -0.1) is 0 Å². The van der Waals surface area contributed by atoms with Crippen molar-refractivity contribution in [2.24, 2.45) is 10.7 Å². The Morgan fingerprint density at radius 2 is 1.91 bits per heavy atom. The summed E-state index contributed by atoms with van der Waals surface area (Å²) in [5, 5.41) is 11.6. The molecule has 0 saturated heterocycles. The van der Waals surface area contributed by atoms with Gasteiger partial charge < -0.3 is 10.8 Å². The first-order chi connectivity index (χ1) is 11.1. The van der Waals surface area contributed by atoms with Crippen LogP contribution in [-0.4, -0.2) is 33.4 Å². The first kappa shape index (κ1) is 14.6. The van der Waals surface area contributed by atoms with Crippen molar-refractivity contribution in [2.45, 2.75) is 0 Å². The third-order valence-electron chi connectivity index (χ3n) is 3.28. The minimum absolute atomic E-state index is 0.0353. The number of anilines is 1. The fourth-order valence-corrected chi connectivity index (χ4v) is 2.17. The second-order valence-electron chi connectivity index (χ2n) is 4.88. The number of hydrogen-bond acceptors (Lipinski definition) is 6. The van der Waals surface area contributed by atoms with E-state index in [0.29, 0.717) is 11.5 Å². The van der Waals surface area contributed by atoms with Crippen molar-refractivity contribution in [1.29, 1.82) is 0 Å². The molecule has 0 atom stereocenters. The maximum atomic E-state index is 11.5. The summed E-state index contributed by atoms with van der Waals surface area (Å²) in [6.45, 7) is 0.0749. The van der Waals surface area contributed by atoms with Crippen LogP contribution in [0.4, 0.5) is 5.69 Å². The Kier molecular flexibility index (Phi) is 3.92. The van der Waals surface area contributed by atoms with Gasteiger partial charge in [0.05, 0.1) is 17.8 Å². The number of carbonyl (C=O) groups is 1. The lowest BCUT2D eigenvalue weighted by atomic mass is 10.2. The number of aliphatic hydroxyl groups is 1. The van der Waals surface area contributed by atoms with Crippen LogP contribution in [0.2, 0.25) is 0 Å². The standard InChI is InChI=1S/C16H15N5O2/c17-14(22)12-10-21(20-11-6-2-1-3-7-11)15(19-16(12)23)13-8-4-5-9-18-13/h1-9,20,23H,10H2,(H2,17,22). The first-order valence-electron chi connectivity index (χ1n) is 6.96. The number of rotatable bonds is 4. The molecule has 0 aliphatic carbocycles. The normalized spacial score (nSPS) is 14.4. The summed E-state index contributed by atoms with van der Waals surface area (Å²) in [5.74, 6) is -0.701. The van der Waals surface area contributed by atoms with Crippen LogP contribution in [0, 0.1) is 0 Å². The highest BCUT2D eigenvalue weighted by Crippen LogP contribution is 2.18. The molecule has 0 bridgehead atoms. The van der Waals surface area contributed by atoms with Gasteiger partial charge in [0, 0.05) is 6.20 Å². The lowest BCUT2D eigenvalue weighted by Crippen LogP contribution is -2.43. The number of carbonyl (C=O) groups excluding carboxylic acids is 1. The third-order valence-corrected chi connectivity index (χ3v) is 3.28. The quantitative estimate of drug-likeness (QED) is 0.792. The van der Waals surface area contributed by atoms with Crippen LogP contribution >= 0.6 is 0 Å². The van der Waals surface area contributed by atoms with E-state index < -0.39 is 5.91 Å². The van der Waals surface area contributed by atoms with Crippen LogP contribution in [0.15, 0.2) is 71.2 Å². The summed E-state index contributed by atoms with van der Waals surface area (Å²) in [4.78, 5) is 19.8. The molecule has 7 nitrogen and oxygen atoms in total. The molecule has 1 aromatic heterocycles. The molecule has 0 unspecified atom stereocenters. The molecule has 3 rings (SSSR count). The second-order valence-corrected chi connectivity index (χ2v) is 4.88. The smallest absolute Gasteiger partial charge is 0.251 e. The number of amidine groups is 1. The van der Waals surface area contributed by atoms with E-state index in [1.807, 2.05) is 36.4 Å². The van der Waals surface area contributed by atoms with Crippen LogP contribution in [0.3, 0.4) is 0 Å². The SMILES string of the molecule is NC(=O)C1=C(O)N=C(c2ccccn2)N(Nc2ccccc2)C1. The van der Waals surface area contributed by atoms with Crippen molar-refractivity contribution in [3.05, 3.63) is 71.9 Å². The topological polar surface area (TPSA) is 104 Å². The largest absolute Gasteiger partial charge is 0.493 e. The van der Waals surface area contributed by atoms with Crippen LogP contribution in [0.25, 0.3) is 0 Å². The van der Waals surface area contributed by atoms with Gasteiger partial charge in [-0.25, -0.2) is 0 Å². The first-order valence-corrected chi connectivity index (χ1v) is 6.96. The van der Waals surface area contributed by atoms with Gasteiger partial charge in [-0.3, -0.25) is 20.2 Å².